The number of aromatic nitrogens is 2. The fourth-order valence-electron chi connectivity index (χ4n) is 2.24. The largest absolute Gasteiger partial charge is 0.310 e. The van der Waals surface area contributed by atoms with E-state index in [1.165, 1.54) is 16.7 Å². The van der Waals surface area contributed by atoms with Crippen LogP contribution in [0.1, 0.15) is 36.1 Å². The molecule has 19 heavy (non-hydrogen) atoms. The van der Waals surface area contributed by atoms with Crippen molar-refractivity contribution < 1.29 is 0 Å². The molecule has 2 heterocycles. The molecule has 0 aliphatic heterocycles. The lowest BCUT2D eigenvalue weighted by Gasteiger charge is -2.20. The third-order valence-corrected chi connectivity index (χ3v) is 3.24. The average Bonchev–Trinajstić information content (AvgIpc) is 2.45. The van der Waals surface area contributed by atoms with Crippen LogP contribution in [0.2, 0.25) is 0 Å². The normalized spacial score (nSPS) is 12.3. The van der Waals surface area contributed by atoms with Gasteiger partial charge in [0.05, 0.1) is 0 Å². The van der Waals surface area contributed by atoms with Crippen LogP contribution in [0, 0.1) is 6.92 Å². The van der Waals surface area contributed by atoms with Gasteiger partial charge in [0.2, 0.25) is 0 Å². The summed E-state index contributed by atoms with van der Waals surface area (Å²) in [5.74, 6) is 0. The van der Waals surface area contributed by atoms with E-state index in [4.69, 9.17) is 0 Å². The lowest BCUT2D eigenvalue weighted by atomic mass is 9.97. The highest BCUT2D eigenvalue weighted by atomic mass is 14.9. The van der Waals surface area contributed by atoms with Gasteiger partial charge in [-0.2, -0.15) is 0 Å². The third kappa shape index (κ3) is 3.86. The van der Waals surface area contributed by atoms with Crippen LogP contribution in [-0.4, -0.2) is 16.5 Å². The molecule has 1 unspecified atom stereocenters. The Balaban J connectivity index is 2.19. The molecule has 2 rings (SSSR count). The van der Waals surface area contributed by atoms with Gasteiger partial charge in [0.25, 0.3) is 0 Å². The van der Waals surface area contributed by atoms with Gasteiger partial charge in [-0.15, -0.1) is 0 Å². The summed E-state index contributed by atoms with van der Waals surface area (Å²) in [6.07, 6.45) is 9.64. The number of aryl methyl sites for hydroxylation is 1. The van der Waals surface area contributed by atoms with Gasteiger partial charge in [0.15, 0.2) is 0 Å². The molecule has 0 saturated carbocycles. The first-order chi connectivity index (χ1) is 9.31. The molecule has 100 valence electrons. The van der Waals surface area contributed by atoms with Crippen molar-refractivity contribution in [2.24, 2.45) is 0 Å². The Morgan fingerprint density at radius 2 is 2.00 bits per heavy atom. The summed E-state index contributed by atoms with van der Waals surface area (Å²) in [7, 11) is 0. The predicted octanol–water partition coefficient (Wildman–Crippen LogP) is 3.07. The van der Waals surface area contributed by atoms with E-state index in [-0.39, 0.29) is 0 Å². The molecule has 2 aromatic heterocycles. The van der Waals surface area contributed by atoms with E-state index in [0.29, 0.717) is 6.04 Å². The zero-order valence-corrected chi connectivity index (χ0v) is 11.6. The lowest BCUT2D eigenvalue weighted by molar-refractivity contribution is 0.526. The van der Waals surface area contributed by atoms with Crippen LogP contribution < -0.4 is 5.32 Å². The summed E-state index contributed by atoms with van der Waals surface area (Å²) in [4.78, 5) is 8.37. The molecule has 0 fully saturated rings. The Morgan fingerprint density at radius 1 is 1.16 bits per heavy atom. The van der Waals surface area contributed by atoms with Crippen molar-refractivity contribution >= 4 is 0 Å². The van der Waals surface area contributed by atoms with E-state index in [1.807, 2.05) is 30.9 Å². The summed E-state index contributed by atoms with van der Waals surface area (Å²) in [5, 5.41) is 3.62. The van der Waals surface area contributed by atoms with Crippen molar-refractivity contribution in [3.8, 4) is 0 Å². The van der Waals surface area contributed by atoms with Gasteiger partial charge in [-0.25, -0.2) is 0 Å². The molecule has 0 aliphatic rings. The zero-order chi connectivity index (χ0) is 13.5. The van der Waals surface area contributed by atoms with Crippen LogP contribution in [0.4, 0.5) is 0 Å². The number of nitrogens with one attached hydrogen (secondary N) is 1. The Bertz CT molecular complexity index is 496. The summed E-state index contributed by atoms with van der Waals surface area (Å²) < 4.78 is 0. The summed E-state index contributed by atoms with van der Waals surface area (Å²) in [6, 6.07) is 6.56. The molecule has 0 amide bonds. The average molecular weight is 255 g/mol. The molecular weight excluding hydrogens is 234 g/mol. The van der Waals surface area contributed by atoms with Gasteiger partial charge in [0, 0.05) is 30.8 Å². The highest BCUT2D eigenvalue weighted by Gasteiger charge is 2.13. The predicted molar refractivity (Wildman–Crippen MR) is 77.9 cm³/mol. The van der Waals surface area contributed by atoms with Crippen molar-refractivity contribution in [2.45, 2.75) is 32.7 Å². The number of nitrogens with zero attached hydrogens (tertiary/aromatic N) is 2. The molecule has 0 aromatic carbocycles. The molecule has 0 radical (unpaired) electrons. The maximum atomic E-state index is 4.19. The second kappa shape index (κ2) is 7.00. The Hall–Kier alpha value is -1.74. The molecule has 1 N–H and O–H groups in total. The van der Waals surface area contributed by atoms with Gasteiger partial charge >= 0.3 is 0 Å². The van der Waals surface area contributed by atoms with E-state index in [9.17, 15) is 0 Å². The maximum absolute atomic E-state index is 4.19. The van der Waals surface area contributed by atoms with E-state index in [0.717, 1.165) is 19.4 Å². The van der Waals surface area contributed by atoms with E-state index >= 15 is 0 Å². The fraction of sp³-hybridized carbons (Fsp3) is 0.375. The van der Waals surface area contributed by atoms with Gasteiger partial charge < -0.3 is 5.32 Å². The smallest absolute Gasteiger partial charge is 0.0365 e. The monoisotopic (exact) mass is 255 g/mol. The second-order valence-corrected chi connectivity index (χ2v) is 4.80. The summed E-state index contributed by atoms with van der Waals surface area (Å²) in [6.45, 7) is 5.33. The number of pyridine rings is 2. The highest BCUT2D eigenvalue weighted by molar-refractivity contribution is 5.27. The minimum atomic E-state index is 0.326. The summed E-state index contributed by atoms with van der Waals surface area (Å²) in [5.41, 5.74) is 3.82. The van der Waals surface area contributed by atoms with Crippen molar-refractivity contribution in [3.05, 3.63) is 59.7 Å². The van der Waals surface area contributed by atoms with Crippen molar-refractivity contribution in [3.63, 3.8) is 0 Å². The standard InChI is InChI=1S/C16H21N3/c1-3-7-19-16(10-14-5-4-8-17-12-14)15-6-9-18-11-13(15)2/h4-6,8-9,11-12,16,19H,3,7,10H2,1-2H3. The molecule has 3 nitrogen and oxygen atoms in total. The van der Waals surface area contributed by atoms with Crippen LogP contribution >= 0.6 is 0 Å². The first kappa shape index (κ1) is 13.7. The quantitative estimate of drug-likeness (QED) is 0.862. The molecule has 0 spiro atoms. The highest BCUT2D eigenvalue weighted by Crippen LogP contribution is 2.20. The first-order valence-electron chi connectivity index (χ1n) is 6.84. The first-order valence-corrected chi connectivity index (χ1v) is 6.84. The topological polar surface area (TPSA) is 37.8 Å². The molecular formula is C16H21N3. The van der Waals surface area contributed by atoms with Crippen LogP contribution in [0.25, 0.3) is 0 Å². The van der Waals surface area contributed by atoms with Crippen molar-refractivity contribution in [2.75, 3.05) is 6.54 Å². The maximum Gasteiger partial charge on any atom is 0.0365 e. The van der Waals surface area contributed by atoms with Gasteiger partial charge in [-0.1, -0.05) is 13.0 Å². The number of rotatable bonds is 6. The SMILES string of the molecule is CCCNC(Cc1cccnc1)c1ccncc1C. The van der Waals surface area contributed by atoms with Crippen molar-refractivity contribution in [1.82, 2.24) is 15.3 Å². The van der Waals surface area contributed by atoms with Crippen LogP contribution in [0.3, 0.4) is 0 Å². The molecule has 0 aliphatic carbocycles. The number of hydrogen-bond acceptors (Lipinski definition) is 3. The molecule has 1 atom stereocenters. The van der Waals surface area contributed by atoms with Gasteiger partial charge in [-0.05, 0) is 55.1 Å². The van der Waals surface area contributed by atoms with E-state index in [1.54, 1.807) is 0 Å². The minimum Gasteiger partial charge on any atom is -0.310 e. The molecule has 2 aromatic rings. The van der Waals surface area contributed by atoms with Crippen LogP contribution in [-0.2, 0) is 6.42 Å². The van der Waals surface area contributed by atoms with Gasteiger partial charge in [0.1, 0.15) is 0 Å². The second-order valence-electron chi connectivity index (χ2n) is 4.80. The van der Waals surface area contributed by atoms with Gasteiger partial charge in [-0.3, -0.25) is 9.97 Å². The van der Waals surface area contributed by atoms with E-state index in [2.05, 4.69) is 41.3 Å². The molecule has 0 saturated heterocycles. The number of hydrogen-bond donors (Lipinski definition) is 1. The van der Waals surface area contributed by atoms with Crippen LogP contribution in [0.5, 0.6) is 0 Å². The Kier molecular flexibility index (Phi) is 5.04. The third-order valence-electron chi connectivity index (χ3n) is 3.24. The summed E-state index contributed by atoms with van der Waals surface area (Å²) >= 11 is 0. The fourth-order valence-corrected chi connectivity index (χ4v) is 2.24. The van der Waals surface area contributed by atoms with Crippen LogP contribution in [0.15, 0.2) is 43.0 Å². The Morgan fingerprint density at radius 3 is 2.68 bits per heavy atom. The lowest BCUT2D eigenvalue weighted by Crippen LogP contribution is -2.25. The zero-order valence-electron chi connectivity index (χ0n) is 11.6. The molecule has 0 bridgehead atoms. The Labute approximate surface area is 115 Å². The molecule has 3 heteroatoms. The minimum absolute atomic E-state index is 0.326. The van der Waals surface area contributed by atoms with Crippen molar-refractivity contribution in [1.29, 1.82) is 0 Å². The van der Waals surface area contributed by atoms with E-state index < -0.39 is 0 Å².